The predicted molar refractivity (Wildman–Crippen MR) is 121 cm³/mol. The van der Waals surface area contributed by atoms with Crippen LogP contribution in [0.4, 0.5) is 5.13 Å². The fourth-order valence-corrected chi connectivity index (χ4v) is 4.19. The van der Waals surface area contributed by atoms with Crippen molar-refractivity contribution >= 4 is 32.6 Å². The summed E-state index contributed by atoms with van der Waals surface area (Å²) in [5.41, 5.74) is 3.91. The number of rotatable bonds is 8. The molecular formula is C23H30N3O2S+. The molecule has 154 valence electrons. The largest absolute Gasteiger partial charge is 0.494 e. The number of aromatic nitrogens is 1. The number of benzene rings is 2. The van der Waals surface area contributed by atoms with E-state index in [0.29, 0.717) is 18.7 Å². The number of quaternary nitrogens is 1. The molecule has 0 spiro atoms. The number of ether oxygens (including phenoxy) is 1. The number of hydrogen-bond donors (Lipinski definition) is 1. The molecule has 1 heterocycles. The molecule has 0 bridgehead atoms. The van der Waals surface area contributed by atoms with Gasteiger partial charge in [0.2, 0.25) is 0 Å². The molecule has 0 fully saturated rings. The molecular weight excluding hydrogens is 382 g/mol. The van der Waals surface area contributed by atoms with Crippen LogP contribution in [0.3, 0.4) is 0 Å². The van der Waals surface area contributed by atoms with Crippen LogP contribution >= 0.6 is 11.3 Å². The number of amides is 1. The van der Waals surface area contributed by atoms with Crippen LogP contribution in [0.1, 0.15) is 34.8 Å². The minimum Gasteiger partial charge on any atom is -0.494 e. The molecule has 3 aromatic rings. The number of nitrogens with zero attached hydrogens (tertiary/aromatic N) is 2. The molecule has 3 rings (SSSR count). The molecule has 2 aromatic carbocycles. The Morgan fingerprint density at radius 1 is 1.14 bits per heavy atom. The van der Waals surface area contributed by atoms with Gasteiger partial charge in [0.15, 0.2) is 5.13 Å². The number of thiazole rings is 1. The lowest BCUT2D eigenvalue weighted by Crippen LogP contribution is -3.05. The third-order valence-electron chi connectivity index (χ3n) is 4.95. The maximum Gasteiger partial charge on any atom is 0.260 e. The van der Waals surface area contributed by atoms with Crippen LogP contribution < -0.4 is 14.5 Å². The number of aryl methyl sites for hydroxylation is 2. The Labute approximate surface area is 176 Å². The van der Waals surface area contributed by atoms with E-state index in [0.717, 1.165) is 39.6 Å². The van der Waals surface area contributed by atoms with E-state index >= 15 is 0 Å². The van der Waals surface area contributed by atoms with Crippen LogP contribution in [0.5, 0.6) is 5.75 Å². The van der Waals surface area contributed by atoms with Gasteiger partial charge in [0.05, 0.1) is 37.5 Å². The molecule has 0 aliphatic rings. The van der Waals surface area contributed by atoms with Gasteiger partial charge in [0.1, 0.15) is 5.75 Å². The van der Waals surface area contributed by atoms with E-state index in [1.54, 1.807) is 11.3 Å². The third-order valence-corrected chi connectivity index (χ3v) is 5.99. The lowest BCUT2D eigenvalue weighted by Gasteiger charge is -2.21. The SMILES string of the molecule is CCOc1ccc2nc(N(CCC[NH+](C)C)C(=O)c3ccc(C)c(C)c3)sc2c1. The maximum atomic E-state index is 13.4. The molecule has 29 heavy (non-hydrogen) atoms. The topological polar surface area (TPSA) is 46.9 Å². The highest BCUT2D eigenvalue weighted by atomic mass is 32.1. The highest BCUT2D eigenvalue weighted by Crippen LogP contribution is 2.32. The summed E-state index contributed by atoms with van der Waals surface area (Å²) in [7, 11) is 4.25. The van der Waals surface area contributed by atoms with Gasteiger partial charge in [-0.1, -0.05) is 17.4 Å². The fraction of sp³-hybridized carbons (Fsp3) is 0.391. The van der Waals surface area contributed by atoms with Crippen molar-refractivity contribution in [3.63, 3.8) is 0 Å². The summed E-state index contributed by atoms with van der Waals surface area (Å²) < 4.78 is 6.64. The molecule has 0 atom stereocenters. The molecule has 1 aromatic heterocycles. The number of nitrogens with one attached hydrogen (secondary N) is 1. The quantitative estimate of drug-likeness (QED) is 0.616. The Morgan fingerprint density at radius 3 is 2.62 bits per heavy atom. The first-order valence-corrected chi connectivity index (χ1v) is 10.9. The highest BCUT2D eigenvalue weighted by molar-refractivity contribution is 7.22. The summed E-state index contributed by atoms with van der Waals surface area (Å²) >= 11 is 1.54. The summed E-state index contributed by atoms with van der Waals surface area (Å²) in [6.07, 6.45) is 0.916. The summed E-state index contributed by atoms with van der Waals surface area (Å²) in [4.78, 5) is 21.4. The molecule has 5 nitrogen and oxygen atoms in total. The molecule has 6 heteroatoms. The van der Waals surface area contributed by atoms with E-state index in [9.17, 15) is 4.79 Å². The van der Waals surface area contributed by atoms with Crippen molar-refractivity contribution in [3.8, 4) is 5.75 Å². The number of hydrogen-bond acceptors (Lipinski definition) is 4. The first-order valence-electron chi connectivity index (χ1n) is 10.1. The summed E-state index contributed by atoms with van der Waals surface area (Å²) in [6.45, 7) is 8.34. The molecule has 1 N–H and O–H groups in total. The lowest BCUT2D eigenvalue weighted by molar-refractivity contribution is -0.858. The first-order chi connectivity index (χ1) is 13.9. The zero-order chi connectivity index (χ0) is 21.0. The Bertz CT molecular complexity index is 997. The Hall–Kier alpha value is -2.44. The second kappa shape index (κ2) is 9.37. The second-order valence-electron chi connectivity index (χ2n) is 7.63. The van der Waals surface area contributed by atoms with Crippen molar-refractivity contribution < 1.29 is 14.4 Å². The van der Waals surface area contributed by atoms with Gasteiger partial charge in [-0.2, -0.15) is 0 Å². The monoisotopic (exact) mass is 412 g/mol. The average Bonchev–Trinajstić information content (AvgIpc) is 3.10. The third kappa shape index (κ3) is 5.14. The first kappa shape index (κ1) is 21.3. The van der Waals surface area contributed by atoms with Crippen molar-refractivity contribution in [2.75, 3.05) is 38.7 Å². The van der Waals surface area contributed by atoms with E-state index in [1.165, 1.54) is 10.5 Å². The number of anilines is 1. The van der Waals surface area contributed by atoms with Gasteiger partial charge in [-0.3, -0.25) is 9.69 Å². The highest BCUT2D eigenvalue weighted by Gasteiger charge is 2.22. The second-order valence-corrected chi connectivity index (χ2v) is 8.63. The molecule has 0 saturated heterocycles. The summed E-state index contributed by atoms with van der Waals surface area (Å²) in [6, 6.07) is 11.8. The van der Waals surface area contributed by atoms with Gasteiger partial charge in [-0.15, -0.1) is 0 Å². The van der Waals surface area contributed by atoms with Crippen molar-refractivity contribution in [2.45, 2.75) is 27.2 Å². The Morgan fingerprint density at radius 2 is 1.93 bits per heavy atom. The minimum atomic E-state index is 0.00550. The van der Waals surface area contributed by atoms with Gasteiger partial charge < -0.3 is 9.64 Å². The van der Waals surface area contributed by atoms with Gasteiger partial charge in [0, 0.05) is 18.5 Å². The average molecular weight is 413 g/mol. The van der Waals surface area contributed by atoms with E-state index < -0.39 is 0 Å². The van der Waals surface area contributed by atoms with Crippen molar-refractivity contribution in [1.29, 1.82) is 0 Å². The molecule has 0 unspecified atom stereocenters. The molecule has 0 saturated carbocycles. The Balaban J connectivity index is 1.94. The standard InChI is InChI=1S/C23H29N3O2S/c1-6-28-19-10-11-20-21(15-19)29-23(24-20)26(13-7-12-25(4)5)22(27)18-9-8-16(2)17(3)14-18/h8-11,14-15H,6-7,12-13H2,1-5H3/p+1. The number of carbonyl (C=O) groups excluding carboxylic acids is 1. The lowest BCUT2D eigenvalue weighted by atomic mass is 10.1. The smallest absolute Gasteiger partial charge is 0.260 e. The van der Waals surface area contributed by atoms with E-state index in [-0.39, 0.29) is 5.91 Å². The zero-order valence-electron chi connectivity index (χ0n) is 17.9. The maximum absolute atomic E-state index is 13.4. The molecule has 0 aliphatic heterocycles. The van der Waals surface area contributed by atoms with E-state index in [1.807, 2.05) is 55.1 Å². The normalized spacial score (nSPS) is 11.2. The van der Waals surface area contributed by atoms with Crippen LogP contribution in [0, 0.1) is 13.8 Å². The molecule has 1 amide bonds. The van der Waals surface area contributed by atoms with Crippen molar-refractivity contribution in [2.24, 2.45) is 0 Å². The minimum absolute atomic E-state index is 0.00550. The zero-order valence-corrected chi connectivity index (χ0v) is 18.7. The molecule has 0 aliphatic carbocycles. The fourth-order valence-electron chi connectivity index (χ4n) is 3.17. The van der Waals surface area contributed by atoms with Crippen molar-refractivity contribution in [3.05, 3.63) is 53.1 Å². The van der Waals surface area contributed by atoms with Crippen LogP contribution in [0.25, 0.3) is 10.2 Å². The van der Waals surface area contributed by atoms with Crippen LogP contribution in [-0.2, 0) is 0 Å². The summed E-state index contributed by atoms with van der Waals surface area (Å²) in [5, 5.41) is 0.741. The van der Waals surface area contributed by atoms with E-state index in [4.69, 9.17) is 9.72 Å². The van der Waals surface area contributed by atoms with Crippen molar-refractivity contribution in [1.82, 2.24) is 4.98 Å². The number of fused-ring (bicyclic) bond motifs is 1. The van der Waals surface area contributed by atoms with E-state index in [2.05, 4.69) is 21.0 Å². The van der Waals surface area contributed by atoms with Gasteiger partial charge >= 0.3 is 0 Å². The van der Waals surface area contributed by atoms with Gasteiger partial charge in [-0.25, -0.2) is 4.98 Å². The number of carbonyl (C=O) groups is 1. The van der Waals surface area contributed by atoms with Gasteiger partial charge in [0.25, 0.3) is 5.91 Å². The van der Waals surface area contributed by atoms with Crippen LogP contribution in [0.15, 0.2) is 36.4 Å². The summed E-state index contributed by atoms with van der Waals surface area (Å²) in [5.74, 6) is 0.837. The predicted octanol–water partition coefficient (Wildman–Crippen LogP) is 3.49. The van der Waals surface area contributed by atoms with Gasteiger partial charge in [-0.05, 0) is 62.2 Å². The van der Waals surface area contributed by atoms with Crippen LogP contribution in [0.2, 0.25) is 0 Å². The van der Waals surface area contributed by atoms with Crippen LogP contribution in [-0.4, -0.2) is 44.7 Å². The Kier molecular flexibility index (Phi) is 6.87. The molecule has 0 radical (unpaired) electrons.